The van der Waals surface area contributed by atoms with Crippen molar-refractivity contribution >= 4 is 43.9 Å². The molecule has 0 atom stereocenters. The minimum absolute atomic E-state index is 0.251. The molecule has 0 unspecified atom stereocenters. The van der Waals surface area contributed by atoms with E-state index in [0.717, 1.165) is 55.0 Å². The number of piperazine rings is 1. The normalized spacial score (nSPS) is 15.2. The van der Waals surface area contributed by atoms with E-state index in [1.807, 2.05) is 29.6 Å². The Balaban J connectivity index is 1.18. The lowest BCUT2D eigenvalue weighted by Gasteiger charge is -2.35. The van der Waals surface area contributed by atoms with Crippen LogP contribution in [0.15, 0.2) is 66.0 Å². The Bertz CT molecular complexity index is 1160. The van der Waals surface area contributed by atoms with Crippen LogP contribution in [-0.4, -0.2) is 48.4 Å². The maximum atomic E-state index is 12.7. The lowest BCUT2D eigenvalue weighted by molar-refractivity contribution is 0.0964. The number of aromatic nitrogens is 1. The third kappa shape index (κ3) is 3.76. The first-order valence-electron chi connectivity index (χ1n) is 10.1. The number of hydrogen-bond donors (Lipinski definition) is 0. The third-order valence-electron chi connectivity index (χ3n) is 5.72. The van der Waals surface area contributed by atoms with Crippen molar-refractivity contribution < 1.29 is 4.79 Å². The second kappa shape index (κ2) is 7.93. The van der Waals surface area contributed by atoms with E-state index in [1.54, 1.807) is 11.3 Å². The molecular formula is C24H23N3OS. The van der Waals surface area contributed by atoms with Crippen LogP contribution in [0, 0.1) is 0 Å². The van der Waals surface area contributed by atoms with Crippen molar-refractivity contribution in [2.75, 3.05) is 37.6 Å². The van der Waals surface area contributed by atoms with Crippen molar-refractivity contribution in [2.45, 2.75) is 6.42 Å². The number of nitrogens with zero attached hydrogens (tertiary/aromatic N) is 3. The van der Waals surface area contributed by atoms with Crippen LogP contribution in [0.4, 0.5) is 5.82 Å². The molecule has 0 spiro atoms. The van der Waals surface area contributed by atoms with Gasteiger partial charge in [-0.25, -0.2) is 4.98 Å². The second-order valence-corrected chi connectivity index (χ2v) is 8.42. The molecular weight excluding hydrogens is 378 g/mol. The number of ketones is 1. The number of hydrogen-bond acceptors (Lipinski definition) is 5. The van der Waals surface area contributed by atoms with Gasteiger partial charge >= 0.3 is 0 Å². The van der Waals surface area contributed by atoms with E-state index < -0.39 is 0 Å². The number of rotatable bonds is 5. The van der Waals surface area contributed by atoms with Crippen LogP contribution in [-0.2, 0) is 0 Å². The number of anilines is 1. The zero-order chi connectivity index (χ0) is 19.6. The van der Waals surface area contributed by atoms with E-state index in [-0.39, 0.29) is 5.78 Å². The summed E-state index contributed by atoms with van der Waals surface area (Å²) in [5, 5.41) is 4.28. The molecule has 5 heteroatoms. The Morgan fingerprint density at radius 1 is 0.931 bits per heavy atom. The van der Waals surface area contributed by atoms with Crippen LogP contribution in [0.25, 0.3) is 21.0 Å². The summed E-state index contributed by atoms with van der Waals surface area (Å²) in [7, 11) is 0. The highest BCUT2D eigenvalue weighted by Gasteiger charge is 2.20. The molecule has 0 radical (unpaired) electrons. The summed E-state index contributed by atoms with van der Waals surface area (Å²) in [6.45, 7) is 4.64. The van der Waals surface area contributed by atoms with E-state index in [9.17, 15) is 4.79 Å². The maximum absolute atomic E-state index is 12.7. The highest BCUT2D eigenvalue weighted by molar-refractivity contribution is 7.17. The fourth-order valence-electron chi connectivity index (χ4n) is 4.02. The predicted octanol–water partition coefficient (Wildman–Crippen LogP) is 4.84. The first-order valence-corrected chi connectivity index (χ1v) is 11.0. The van der Waals surface area contributed by atoms with Gasteiger partial charge in [0.25, 0.3) is 0 Å². The van der Waals surface area contributed by atoms with Crippen molar-refractivity contribution in [2.24, 2.45) is 0 Å². The highest BCUT2D eigenvalue weighted by atomic mass is 32.1. The molecule has 2 aromatic heterocycles. The van der Waals surface area contributed by atoms with Gasteiger partial charge in [-0.05, 0) is 24.3 Å². The van der Waals surface area contributed by atoms with Crippen molar-refractivity contribution in [1.29, 1.82) is 0 Å². The summed E-state index contributed by atoms with van der Waals surface area (Å²) in [4.78, 5) is 22.3. The van der Waals surface area contributed by atoms with Gasteiger partial charge in [0.2, 0.25) is 0 Å². The molecule has 5 rings (SSSR count). The molecule has 0 bridgehead atoms. The Kier molecular flexibility index (Phi) is 5.00. The average molecular weight is 402 g/mol. The summed E-state index contributed by atoms with van der Waals surface area (Å²) in [5.41, 5.74) is 1.92. The van der Waals surface area contributed by atoms with Gasteiger partial charge in [0.1, 0.15) is 5.82 Å². The highest BCUT2D eigenvalue weighted by Crippen LogP contribution is 2.26. The number of Topliss-reactive ketones (excluding diaryl/α,β-unsaturated/α-hetero) is 1. The summed E-state index contributed by atoms with van der Waals surface area (Å²) >= 11 is 1.65. The van der Waals surface area contributed by atoms with Gasteiger partial charge in [-0.1, -0.05) is 36.4 Å². The summed E-state index contributed by atoms with van der Waals surface area (Å²) in [6.07, 6.45) is 0.578. The first kappa shape index (κ1) is 18.3. The molecule has 0 N–H and O–H groups in total. The smallest absolute Gasteiger partial charge is 0.165 e. The molecule has 2 aromatic carbocycles. The van der Waals surface area contributed by atoms with Crippen LogP contribution in [0.2, 0.25) is 0 Å². The first-order chi connectivity index (χ1) is 14.3. The Morgan fingerprint density at radius 2 is 1.72 bits per heavy atom. The van der Waals surface area contributed by atoms with Crippen molar-refractivity contribution in [3.05, 3.63) is 71.6 Å². The molecule has 1 aliphatic heterocycles. The fraction of sp³-hybridized carbons (Fsp3) is 0.250. The monoisotopic (exact) mass is 401 g/mol. The fourth-order valence-corrected chi connectivity index (χ4v) is 4.99. The Labute approximate surface area is 174 Å². The lowest BCUT2D eigenvalue weighted by Crippen LogP contribution is -2.47. The van der Waals surface area contributed by atoms with Gasteiger partial charge in [0, 0.05) is 65.6 Å². The average Bonchev–Trinajstić information content (AvgIpc) is 3.22. The molecule has 146 valence electrons. The van der Waals surface area contributed by atoms with Crippen LogP contribution in [0.1, 0.15) is 16.8 Å². The van der Waals surface area contributed by atoms with Crippen LogP contribution in [0.3, 0.4) is 0 Å². The van der Waals surface area contributed by atoms with Gasteiger partial charge < -0.3 is 4.90 Å². The lowest BCUT2D eigenvalue weighted by atomic mass is 10.1. The zero-order valence-corrected chi connectivity index (χ0v) is 17.1. The van der Waals surface area contributed by atoms with Crippen LogP contribution in [0.5, 0.6) is 0 Å². The largest absolute Gasteiger partial charge is 0.354 e. The van der Waals surface area contributed by atoms with Crippen molar-refractivity contribution in [3.63, 3.8) is 0 Å². The molecule has 0 aliphatic carbocycles. The topological polar surface area (TPSA) is 36.4 Å². The standard InChI is InChI=1S/C24H23N3OS/c28-22(20-17-29-23-8-4-2-6-19(20)23)11-12-26-13-15-27(16-14-26)24-10-9-18-5-1-3-7-21(18)25-24/h1-10,17H,11-16H2. The molecule has 0 saturated carbocycles. The van der Waals surface area contributed by atoms with Gasteiger partial charge in [0.05, 0.1) is 5.52 Å². The van der Waals surface area contributed by atoms with Gasteiger partial charge in [-0.3, -0.25) is 9.69 Å². The zero-order valence-electron chi connectivity index (χ0n) is 16.3. The van der Waals surface area contributed by atoms with Crippen LogP contribution >= 0.6 is 11.3 Å². The Hall–Kier alpha value is -2.76. The number of carbonyl (C=O) groups is 1. The number of thiophene rings is 1. The molecule has 0 amide bonds. The van der Waals surface area contributed by atoms with E-state index in [0.29, 0.717) is 6.42 Å². The van der Waals surface area contributed by atoms with Crippen molar-refractivity contribution in [1.82, 2.24) is 9.88 Å². The van der Waals surface area contributed by atoms with E-state index >= 15 is 0 Å². The van der Waals surface area contributed by atoms with Crippen molar-refractivity contribution in [3.8, 4) is 0 Å². The number of para-hydroxylation sites is 1. The van der Waals surface area contributed by atoms with E-state index in [1.165, 1.54) is 10.1 Å². The van der Waals surface area contributed by atoms with Crippen LogP contribution < -0.4 is 4.90 Å². The second-order valence-electron chi connectivity index (χ2n) is 7.51. The molecule has 3 heterocycles. The van der Waals surface area contributed by atoms with Gasteiger partial charge in [-0.2, -0.15) is 0 Å². The summed E-state index contributed by atoms with van der Waals surface area (Å²) < 4.78 is 1.19. The van der Waals surface area contributed by atoms with E-state index in [2.05, 4.69) is 46.2 Å². The maximum Gasteiger partial charge on any atom is 0.165 e. The molecule has 1 aliphatic rings. The minimum Gasteiger partial charge on any atom is -0.354 e. The Morgan fingerprint density at radius 3 is 2.62 bits per heavy atom. The quantitative estimate of drug-likeness (QED) is 0.448. The molecule has 4 aromatic rings. The number of fused-ring (bicyclic) bond motifs is 2. The summed E-state index contributed by atoms with van der Waals surface area (Å²) in [6, 6.07) is 20.7. The molecule has 4 nitrogen and oxygen atoms in total. The molecule has 1 saturated heterocycles. The number of pyridine rings is 1. The third-order valence-corrected chi connectivity index (χ3v) is 6.68. The summed E-state index contributed by atoms with van der Waals surface area (Å²) in [5.74, 6) is 1.30. The van der Waals surface area contributed by atoms with E-state index in [4.69, 9.17) is 4.98 Å². The SMILES string of the molecule is O=C(CCN1CCN(c2ccc3ccccc3n2)CC1)c1csc2ccccc12. The van der Waals surface area contributed by atoms with Gasteiger partial charge in [-0.15, -0.1) is 11.3 Å². The number of carbonyl (C=O) groups excluding carboxylic acids is 1. The number of benzene rings is 2. The van der Waals surface area contributed by atoms with Gasteiger partial charge in [0.15, 0.2) is 5.78 Å². The molecule has 29 heavy (non-hydrogen) atoms. The molecule has 1 fully saturated rings. The predicted molar refractivity (Wildman–Crippen MR) is 121 cm³/mol. The minimum atomic E-state index is 0.251.